The van der Waals surface area contributed by atoms with Crippen LogP contribution in [0.4, 0.5) is 0 Å². The highest BCUT2D eigenvalue weighted by molar-refractivity contribution is 7.83. The first-order chi connectivity index (χ1) is 9.26. The molecule has 1 unspecified atom stereocenters. The molecule has 0 aromatic heterocycles. The average Bonchev–Trinajstić information content (AvgIpc) is 2.75. The van der Waals surface area contributed by atoms with Crippen molar-refractivity contribution in [3.8, 4) is 0 Å². The molecule has 1 saturated heterocycles. The van der Waals surface area contributed by atoms with Crippen molar-refractivity contribution in [3.05, 3.63) is 0 Å². The van der Waals surface area contributed by atoms with E-state index in [4.69, 9.17) is 18.9 Å². The van der Waals surface area contributed by atoms with Gasteiger partial charge >= 0.3 is 10.3 Å². The molecule has 1 heterocycles. The van der Waals surface area contributed by atoms with E-state index in [1.165, 1.54) is 21.3 Å². The predicted molar refractivity (Wildman–Crippen MR) is 68.3 cm³/mol. The van der Waals surface area contributed by atoms with Crippen molar-refractivity contribution < 1.29 is 31.9 Å². The van der Waals surface area contributed by atoms with Crippen LogP contribution in [0.1, 0.15) is 19.8 Å². The third-order valence-corrected chi connectivity index (χ3v) is 5.10. The zero-order chi connectivity index (χ0) is 15.1. The quantitative estimate of drug-likeness (QED) is 0.577. The number of hydrogen-bond acceptors (Lipinski definition) is 6. The lowest BCUT2D eigenvalue weighted by Gasteiger charge is -2.48. The summed E-state index contributed by atoms with van der Waals surface area (Å²) in [6, 6.07) is 0. The highest BCUT2D eigenvalue weighted by Crippen LogP contribution is 2.42. The Hall–Kier alpha value is -0.290. The van der Waals surface area contributed by atoms with Crippen LogP contribution in [0.5, 0.6) is 0 Å². The van der Waals surface area contributed by atoms with Crippen molar-refractivity contribution in [2.45, 2.75) is 50.1 Å². The second-order valence-corrected chi connectivity index (χ2v) is 6.48. The van der Waals surface area contributed by atoms with Gasteiger partial charge in [0.05, 0.1) is 6.10 Å². The van der Waals surface area contributed by atoms with E-state index in [2.05, 4.69) is 0 Å². The van der Waals surface area contributed by atoms with Gasteiger partial charge in [-0.25, -0.2) is 0 Å². The Labute approximate surface area is 118 Å². The van der Waals surface area contributed by atoms with Gasteiger partial charge in [-0.3, -0.25) is 4.55 Å². The zero-order valence-corrected chi connectivity index (χ0v) is 12.8. The highest BCUT2D eigenvalue weighted by Gasteiger charge is 2.59. The SMILES string of the molecule is CO[C@H]1[C@@H]2OC(C)O[C@@H]2CC[C@@]1(OC)N(C)S(=O)(=O)O. The van der Waals surface area contributed by atoms with Gasteiger partial charge in [0.2, 0.25) is 0 Å². The molecule has 0 bridgehead atoms. The second kappa shape index (κ2) is 5.48. The Morgan fingerprint density at radius 1 is 1.35 bits per heavy atom. The van der Waals surface area contributed by atoms with Crippen LogP contribution in [-0.4, -0.2) is 68.9 Å². The molecule has 1 N–H and O–H groups in total. The summed E-state index contributed by atoms with van der Waals surface area (Å²) in [6.45, 7) is 1.77. The van der Waals surface area contributed by atoms with Gasteiger partial charge in [-0.05, 0) is 19.8 Å². The molecule has 8 nitrogen and oxygen atoms in total. The summed E-state index contributed by atoms with van der Waals surface area (Å²) >= 11 is 0. The number of ether oxygens (including phenoxy) is 4. The summed E-state index contributed by atoms with van der Waals surface area (Å²) < 4.78 is 55.2. The average molecular weight is 311 g/mol. The largest absolute Gasteiger partial charge is 0.374 e. The maximum Gasteiger partial charge on any atom is 0.338 e. The Bertz CT molecular complexity index is 456. The van der Waals surface area contributed by atoms with E-state index in [1.807, 2.05) is 0 Å². The number of rotatable bonds is 4. The van der Waals surface area contributed by atoms with Crippen molar-refractivity contribution in [2.24, 2.45) is 0 Å². The van der Waals surface area contributed by atoms with E-state index >= 15 is 0 Å². The Kier molecular flexibility index (Phi) is 4.41. The minimum absolute atomic E-state index is 0.173. The van der Waals surface area contributed by atoms with Crippen molar-refractivity contribution in [1.29, 1.82) is 0 Å². The molecule has 2 aliphatic rings. The first-order valence-electron chi connectivity index (χ1n) is 6.36. The molecule has 0 spiro atoms. The molecule has 1 saturated carbocycles. The monoisotopic (exact) mass is 311 g/mol. The topological polar surface area (TPSA) is 94.5 Å². The molecule has 0 amide bonds. The standard InChI is InChI=1S/C11H21NO7S/c1-7-18-8-5-6-11(17-4,12(2)20(13,14)15)10(16-3)9(8)19-7/h7-10H,5-6H2,1-4H3,(H,13,14,15)/t7?,8-,9-,10+,11+/m1/s1. The maximum absolute atomic E-state index is 11.5. The third-order valence-electron chi connectivity index (χ3n) is 4.10. The molecule has 0 radical (unpaired) electrons. The lowest BCUT2D eigenvalue weighted by atomic mass is 9.84. The molecule has 5 atom stereocenters. The van der Waals surface area contributed by atoms with Crippen molar-refractivity contribution in [3.63, 3.8) is 0 Å². The van der Waals surface area contributed by atoms with E-state index in [9.17, 15) is 13.0 Å². The van der Waals surface area contributed by atoms with Crippen LogP contribution < -0.4 is 0 Å². The molecule has 0 aromatic carbocycles. The summed E-state index contributed by atoms with van der Waals surface area (Å²) in [5, 5.41) is 0. The lowest BCUT2D eigenvalue weighted by molar-refractivity contribution is -0.228. The second-order valence-electron chi connectivity index (χ2n) is 5.03. The third kappa shape index (κ3) is 2.47. The normalized spacial score (nSPS) is 41.9. The number of nitrogens with zero attached hydrogens (tertiary/aromatic N) is 1. The highest BCUT2D eigenvalue weighted by atomic mass is 32.2. The smallest absolute Gasteiger partial charge is 0.338 e. The van der Waals surface area contributed by atoms with E-state index in [-0.39, 0.29) is 12.4 Å². The number of hydrogen-bond donors (Lipinski definition) is 1. The van der Waals surface area contributed by atoms with Crippen LogP contribution in [0.25, 0.3) is 0 Å². The summed E-state index contributed by atoms with van der Waals surface area (Å²) in [6.07, 6.45) is -0.839. The summed E-state index contributed by atoms with van der Waals surface area (Å²) in [5.74, 6) is 0. The molecule has 1 aliphatic heterocycles. The fourth-order valence-corrected chi connectivity index (χ4v) is 3.77. The molecule has 2 fully saturated rings. The van der Waals surface area contributed by atoms with Gasteiger partial charge < -0.3 is 18.9 Å². The van der Waals surface area contributed by atoms with Crippen LogP contribution in [0.3, 0.4) is 0 Å². The fraction of sp³-hybridized carbons (Fsp3) is 1.00. The number of likely N-dealkylation sites (N-methyl/N-ethyl adjacent to an activating group) is 1. The molecular weight excluding hydrogens is 290 g/mol. The molecule has 0 aromatic rings. The van der Waals surface area contributed by atoms with Crippen LogP contribution in [-0.2, 0) is 29.3 Å². The van der Waals surface area contributed by atoms with Crippen LogP contribution in [0, 0.1) is 0 Å². The first-order valence-corrected chi connectivity index (χ1v) is 7.76. The Balaban J connectivity index is 2.37. The molecule has 2 rings (SSSR count). The molecule has 20 heavy (non-hydrogen) atoms. The Morgan fingerprint density at radius 3 is 2.50 bits per heavy atom. The van der Waals surface area contributed by atoms with Gasteiger partial charge in [-0.2, -0.15) is 8.42 Å². The van der Waals surface area contributed by atoms with Gasteiger partial charge in [0.15, 0.2) is 12.0 Å². The van der Waals surface area contributed by atoms with Crippen LogP contribution in [0.2, 0.25) is 0 Å². The first kappa shape index (κ1) is 16.1. The van der Waals surface area contributed by atoms with Crippen LogP contribution >= 0.6 is 0 Å². The zero-order valence-electron chi connectivity index (χ0n) is 12.0. The lowest BCUT2D eigenvalue weighted by Crippen LogP contribution is -2.66. The maximum atomic E-state index is 11.5. The summed E-state index contributed by atoms with van der Waals surface area (Å²) in [4.78, 5) is 0. The van der Waals surface area contributed by atoms with Crippen molar-refractivity contribution in [2.75, 3.05) is 21.3 Å². The molecule has 9 heteroatoms. The van der Waals surface area contributed by atoms with Crippen LogP contribution in [0.15, 0.2) is 0 Å². The molecule has 118 valence electrons. The molecular formula is C11H21NO7S. The van der Waals surface area contributed by atoms with Gasteiger partial charge in [0, 0.05) is 21.3 Å². The molecule has 1 aliphatic carbocycles. The number of fused-ring (bicyclic) bond motifs is 1. The van der Waals surface area contributed by atoms with E-state index in [0.29, 0.717) is 12.8 Å². The predicted octanol–water partition coefficient (Wildman–Crippen LogP) is 0.00250. The minimum atomic E-state index is -4.43. The van der Waals surface area contributed by atoms with Crippen molar-refractivity contribution >= 4 is 10.3 Å². The van der Waals surface area contributed by atoms with Gasteiger partial charge in [-0.15, -0.1) is 4.31 Å². The van der Waals surface area contributed by atoms with Gasteiger partial charge in [0.1, 0.15) is 12.2 Å². The van der Waals surface area contributed by atoms with Gasteiger partial charge in [0.25, 0.3) is 0 Å². The van der Waals surface area contributed by atoms with Crippen molar-refractivity contribution in [1.82, 2.24) is 4.31 Å². The fourth-order valence-electron chi connectivity index (χ4n) is 3.11. The summed E-state index contributed by atoms with van der Waals surface area (Å²) in [5.41, 5.74) is -1.32. The summed E-state index contributed by atoms with van der Waals surface area (Å²) in [7, 11) is -0.340. The van der Waals surface area contributed by atoms with E-state index in [1.54, 1.807) is 6.92 Å². The Morgan fingerprint density at radius 2 is 2.00 bits per heavy atom. The van der Waals surface area contributed by atoms with Gasteiger partial charge in [-0.1, -0.05) is 0 Å². The van der Waals surface area contributed by atoms with E-state index < -0.39 is 28.2 Å². The number of methoxy groups -OCH3 is 2. The minimum Gasteiger partial charge on any atom is -0.374 e. The van der Waals surface area contributed by atoms with E-state index in [0.717, 1.165) is 4.31 Å².